The monoisotopic (exact) mass is 287 g/mol. The van der Waals surface area contributed by atoms with Gasteiger partial charge in [-0.3, -0.25) is 10.1 Å². The van der Waals surface area contributed by atoms with Gasteiger partial charge in [0.25, 0.3) is 5.69 Å². The van der Waals surface area contributed by atoms with E-state index in [1.165, 1.54) is 19.2 Å². The summed E-state index contributed by atoms with van der Waals surface area (Å²) in [6.07, 6.45) is 0. The maximum absolute atomic E-state index is 11.4. The van der Waals surface area contributed by atoms with Gasteiger partial charge in [0.1, 0.15) is 5.75 Å². The first-order valence-corrected chi connectivity index (χ1v) is 6.10. The van der Waals surface area contributed by atoms with Gasteiger partial charge in [-0.15, -0.1) is 0 Å². The van der Waals surface area contributed by atoms with E-state index >= 15 is 0 Å². The highest BCUT2D eigenvalue weighted by molar-refractivity contribution is 5.97. The van der Waals surface area contributed by atoms with E-state index in [4.69, 9.17) is 4.74 Å². The molecule has 108 valence electrons. The maximum atomic E-state index is 11.4. The number of nitro benzene ring substituents is 1. The Morgan fingerprint density at radius 1 is 1.19 bits per heavy atom. The first-order valence-electron chi connectivity index (χ1n) is 6.10. The molecule has 0 spiro atoms. The van der Waals surface area contributed by atoms with Crippen molar-refractivity contribution in [3.63, 3.8) is 0 Å². The summed E-state index contributed by atoms with van der Waals surface area (Å²) < 4.78 is 5.24. The van der Waals surface area contributed by atoms with Crippen LogP contribution >= 0.6 is 0 Å². The zero-order chi connectivity index (χ0) is 15.6. The van der Waals surface area contributed by atoms with Gasteiger partial charge in [-0.05, 0) is 25.1 Å². The number of nitrogens with zero attached hydrogens (tertiary/aromatic N) is 1. The lowest BCUT2D eigenvalue weighted by molar-refractivity contribution is -0.384. The van der Waals surface area contributed by atoms with E-state index in [0.29, 0.717) is 16.9 Å². The molecule has 6 nitrogen and oxygen atoms in total. The van der Waals surface area contributed by atoms with Crippen LogP contribution in [0.3, 0.4) is 0 Å². The normalized spacial score (nSPS) is 10.2. The van der Waals surface area contributed by atoms with E-state index in [9.17, 15) is 20.0 Å². The highest BCUT2D eigenvalue weighted by Crippen LogP contribution is 2.34. The third-order valence-electron chi connectivity index (χ3n) is 3.09. The van der Waals surface area contributed by atoms with Gasteiger partial charge in [0.2, 0.25) is 0 Å². The van der Waals surface area contributed by atoms with Crippen LogP contribution in [0.4, 0.5) is 5.69 Å². The van der Waals surface area contributed by atoms with Crippen LogP contribution in [0.25, 0.3) is 11.1 Å². The summed E-state index contributed by atoms with van der Waals surface area (Å²) in [5.41, 5.74) is 1.51. The molecule has 6 heteroatoms. The van der Waals surface area contributed by atoms with Crippen LogP contribution in [0.1, 0.15) is 15.9 Å². The number of ether oxygens (including phenoxy) is 1. The zero-order valence-corrected chi connectivity index (χ0v) is 11.5. The molecule has 0 atom stereocenters. The van der Waals surface area contributed by atoms with Crippen molar-refractivity contribution in [2.45, 2.75) is 6.92 Å². The molecule has 0 aliphatic rings. The van der Waals surface area contributed by atoms with Crippen molar-refractivity contribution >= 4 is 11.7 Å². The minimum atomic E-state index is -1.22. The molecule has 0 amide bonds. The average molecular weight is 287 g/mol. The minimum Gasteiger partial charge on any atom is -0.496 e. The second-order valence-electron chi connectivity index (χ2n) is 4.50. The first-order chi connectivity index (χ1) is 9.93. The Bertz CT molecular complexity index is 724. The van der Waals surface area contributed by atoms with Crippen LogP contribution in [-0.2, 0) is 0 Å². The fraction of sp³-hybridized carbons (Fsp3) is 0.133. The van der Waals surface area contributed by atoms with Gasteiger partial charge in [0.05, 0.1) is 17.6 Å². The van der Waals surface area contributed by atoms with Gasteiger partial charge in [0.15, 0.2) is 0 Å². The summed E-state index contributed by atoms with van der Waals surface area (Å²) in [5.74, 6) is -0.714. The number of carboxylic acids is 1. The van der Waals surface area contributed by atoms with E-state index in [-0.39, 0.29) is 11.3 Å². The van der Waals surface area contributed by atoms with Gasteiger partial charge >= 0.3 is 5.97 Å². The Morgan fingerprint density at radius 2 is 1.90 bits per heavy atom. The van der Waals surface area contributed by atoms with Crippen LogP contribution in [0.2, 0.25) is 0 Å². The number of rotatable bonds is 4. The Balaban J connectivity index is 2.71. The predicted molar refractivity (Wildman–Crippen MR) is 76.8 cm³/mol. The second-order valence-corrected chi connectivity index (χ2v) is 4.50. The van der Waals surface area contributed by atoms with E-state index in [0.717, 1.165) is 11.6 Å². The summed E-state index contributed by atoms with van der Waals surface area (Å²) >= 11 is 0. The van der Waals surface area contributed by atoms with Crippen LogP contribution in [0, 0.1) is 17.0 Å². The average Bonchev–Trinajstić information content (AvgIpc) is 2.46. The van der Waals surface area contributed by atoms with Gasteiger partial charge < -0.3 is 9.84 Å². The van der Waals surface area contributed by atoms with E-state index in [2.05, 4.69) is 0 Å². The van der Waals surface area contributed by atoms with Crippen LogP contribution in [0.15, 0.2) is 36.4 Å². The Morgan fingerprint density at radius 3 is 2.48 bits per heavy atom. The summed E-state index contributed by atoms with van der Waals surface area (Å²) in [5, 5.41) is 20.1. The van der Waals surface area contributed by atoms with E-state index in [1.54, 1.807) is 12.1 Å². The Kier molecular flexibility index (Phi) is 3.89. The molecule has 0 aliphatic carbocycles. The molecule has 0 bridgehead atoms. The summed E-state index contributed by atoms with van der Waals surface area (Å²) in [7, 11) is 1.49. The third kappa shape index (κ3) is 2.84. The van der Waals surface area contributed by atoms with Gasteiger partial charge in [-0.1, -0.05) is 11.6 Å². The maximum Gasteiger partial charge on any atom is 0.336 e. The molecule has 21 heavy (non-hydrogen) atoms. The van der Waals surface area contributed by atoms with Gasteiger partial charge in [-0.2, -0.15) is 0 Å². The fourth-order valence-corrected chi connectivity index (χ4v) is 2.09. The van der Waals surface area contributed by atoms with Crippen molar-refractivity contribution < 1.29 is 19.6 Å². The number of nitro groups is 1. The Labute approximate surface area is 120 Å². The first kappa shape index (κ1) is 14.5. The van der Waals surface area contributed by atoms with Crippen molar-refractivity contribution in [1.82, 2.24) is 0 Å². The molecule has 2 aromatic rings. The third-order valence-corrected chi connectivity index (χ3v) is 3.09. The summed E-state index contributed by atoms with van der Waals surface area (Å²) in [4.78, 5) is 21.6. The lowest BCUT2D eigenvalue weighted by atomic mass is 9.97. The van der Waals surface area contributed by atoms with Crippen molar-refractivity contribution in [2.24, 2.45) is 0 Å². The summed E-state index contributed by atoms with van der Waals surface area (Å²) in [6, 6.07) is 9.13. The molecule has 0 unspecified atom stereocenters. The fourth-order valence-electron chi connectivity index (χ4n) is 2.09. The lowest BCUT2D eigenvalue weighted by Gasteiger charge is -2.12. The second kappa shape index (κ2) is 5.62. The number of carbonyl (C=O) groups is 1. The number of hydrogen-bond acceptors (Lipinski definition) is 4. The highest BCUT2D eigenvalue weighted by atomic mass is 16.6. The van der Waals surface area contributed by atoms with Crippen molar-refractivity contribution in [3.8, 4) is 16.9 Å². The smallest absolute Gasteiger partial charge is 0.336 e. The zero-order valence-electron chi connectivity index (χ0n) is 11.5. The molecule has 2 rings (SSSR count). The molecule has 0 saturated carbocycles. The van der Waals surface area contributed by atoms with Crippen molar-refractivity contribution in [2.75, 3.05) is 7.11 Å². The minimum absolute atomic E-state index is 0.131. The number of aryl methyl sites for hydroxylation is 1. The largest absolute Gasteiger partial charge is 0.496 e. The number of methoxy groups -OCH3 is 1. The molecule has 0 radical (unpaired) electrons. The molecule has 0 heterocycles. The SMILES string of the molecule is COc1ccc(C)cc1-c1ccc([N+](=O)[O-])cc1C(=O)O. The van der Waals surface area contributed by atoms with Crippen LogP contribution in [-0.4, -0.2) is 23.1 Å². The molecule has 0 saturated heterocycles. The molecule has 2 aromatic carbocycles. The molecule has 0 aliphatic heterocycles. The highest BCUT2D eigenvalue weighted by Gasteiger charge is 2.19. The number of non-ortho nitro benzene ring substituents is 1. The van der Waals surface area contributed by atoms with E-state index < -0.39 is 10.9 Å². The number of benzene rings is 2. The predicted octanol–water partition coefficient (Wildman–Crippen LogP) is 3.28. The molecular formula is C15H13NO5. The summed E-state index contributed by atoms with van der Waals surface area (Å²) in [6.45, 7) is 1.87. The molecular weight excluding hydrogens is 274 g/mol. The van der Waals surface area contributed by atoms with Gasteiger partial charge in [0, 0.05) is 23.3 Å². The standard InChI is InChI=1S/C15H13NO5/c1-9-3-6-14(21-2)12(7-9)11-5-4-10(16(19)20)8-13(11)15(17)18/h3-8H,1-2H3,(H,17,18). The van der Waals surface area contributed by atoms with Crippen molar-refractivity contribution in [3.05, 3.63) is 57.6 Å². The lowest BCUT2D eigenvalue weighted by Crippen LogP contribution is -2.02. The van der Waals surface area contributed by atoms with E-state index in [1.807, 2.05) is 13.0 Å². The molecule has 0 fully saturated rings. The molecule has 0 aromatic heterocycles. The topological polar surface area (TPSA) is 89.7 Å². The van der Waals surface area contributed by atoms with Gasteiger partial charge in [-0.25, -0.2) is 4.79 Å². The number of carboxylic acid groups (broad SMARTS) is 1. The number of hydrogen-bond donors (Lipinski definition) is 1. The molecule has 1 N–H and O–H groups in total. The Hall–Kier alpha value is -2.89. The van der Waals surface area contributed by atoms with Crippen molar-refractivity contribution in [1.29, 1.82) is 0 Å². The van der Waals surface area contributed by atoms with Crippen LogP contribution < -0.4 is 4.74 Å². The van der Waals surface area contributed by atoms with Crippen LogP contribution in [0.5, 0.6) is 5.75 Å². The quantitative estimate of drug-likeness (QED) is 0.688. The number of aromatic carboxylic acids is 1.